The number of anilines is 1. The van der Waals surface area contributed by atoms with Gasteiger partial charge in [-0.15, -0.1) is 0 Å². The fourth-order valence-corrected chi connectivity index (χ4v) is 2.72. The van der Waals surface area contributed by atoms with Gasteiger partial charge in [-0.05, 0) is 30.5 Å². The third-order valence-electron chi connectivity index (χ3n) is 3.81. The van der Waals surface area contributed by atoms with Crippen LogP contribution in [0.5, 0.6) is 0 Å². The van der Waals surface area contributed by atoms with Gasteiger partial charge in [-0.25, -0.2) is 8.78 Å². The Morgan fingerprint density at radius 3 is 2.29 bits per heavy atom. The second-order valence-corrected chi connectivity index (χ2v) is 5.48. The summed E-state index contributed by atoms with van der Waals surface area (Å²) in [6, 6.07) is 2.87. The van der Waals surface area contributed by atoms with Gasteiger partial charge in [0, 0.05) is 33.3 Å². The van der Waals surface area contributed by atoms with Crippen molar-refractivity contribution in [2.24, 2.45) is 0 Å². The lowest BCUT2D eigenvalue weighted by atomic mass is 10.1. The van der Waals surface area contributed by atoms with Gasteiger partial charge in [0.25, 0.3) is 0 Å². The molecule has 3 nitrogen and oxygen atoms in total. The molecule has 1 aliphatic rings. The van der Waals surface area contributed by atoms with E-state index in [1.54, 1.807) is 7.11 Å². The molecule has 2 rings (SSSR count). The number of hydrogen-bond donors (Lipinski definition) is 1. The number of rotatable bonds is 6. The first kappa shape index (κ1) is 16.2. The van der Waals surface area contributed by atoms with Crippen LogP contribution in [0.4, 0.5) is 14.5 Å². The molecule has 118 valence electrons. The van der Waals surface area contributed by atoms with Gasteiger partial charge in [0.15, 0.2) is 0 Å². The van der Waals surface area contributed by atoms with Crippen molar-refractivity contribution >= 4 is 5.69 Å². The van der Waals surface area contributed by atoms with Crippen molar-refractivity contribution in [3.63, 3.8) is 0 Å². The normalized spacial score (nSPS) is 16.0. The second kappa shape index (κ2) is 8.29. The van der Waals surface area contributed by atoms with Crippen molar-refractivity contribution in [2.45, 2.75) is 32.2 Å². The van der Waals surface area contributed by atoms with E-state index in [4.69, 9.17) is 4.74 Å². The number of methoxy groups -OCH3 is 1. The predicted octanol–water partition coefficient (Wildman–Crippen LogP) is 3.08. The Balaban J connectivity index is 2.05. The van der Waals surface area contributed by atoms with Crippen LogP contribution in [0.25, 0.3) is 0 Å². The van der Waals surface area contributed by atoms with E-state index in [0.29, 0.717) is 25.3 Å². The summed E-state index contributed by atoms with van der Waals surface area (Å²) in [5.74, 6) is -0.916. The van der Waals surface area contributed by atoms with Crippen LogP contribution >= 0.6 is 0 Å². The molecule has 0 aromatic heterocycles. The largest absolute Gasteiger partial charge is 0.383 e. The molecule has 0 saturated carbocycles. The van der Waals surface area contributed by atoms with Crippen molar-refractivity contribution < 1.29 is 13.5 Å². The van der Waals surface area contributed by atoms with Crippen LogP contribution in [0, 0.1) is 11.6 Å². The van der Waals surface area contributed by atoms with Gasteiger partial charge in [-0.1, -0.05) is 12.8 Å². The van der Waals surface area contributed by atoms with Gasteiger partial charge in [0.05, 0.1) is 6.61 Å². The number of ether oxygens (including phenoxy) is 1. The lowest BCUT2D eigenvalue weighted by molar-refractivity contribution is 0.199. The van der Waals surface area contributed by atoms with E-state index in [1.165, 1.54) is 12.1 Å². The molecular formula is C16H24F2N2O. The zero-order chi connectivity index (χ0) is 15.1. The zero-order valence-electron chi connectivity index (χ0n) is 12.6. The molecule has 0 amide bonds. The summed E-state index contributed by atoms with van der Waals surface area (Å²) in [6.45, 7) is 3.15. The van der Waals surface area contributed by atoms with Crippen LogP contribution in [0.2, 0.25) is 0 Å². The molecule has 5 heteroatoms. The average Bonchev–Trinajstić information content (AvgIpc) is 2.72. The van der Waals surface area contributed by atoms with Crippen molar-refractivity contribution in [2.75, 3.05) is 38.3 Å². The SMILES string of the molecule is COCCNCc1cc(F)c(N2CCCCCC2)c(F)c1. The van der Waals surface area contributed by atoms with Gasteiger partial charge in [0.2, 0.25) is 0 Å². The van der Waals surface area contributed by atoms with Gasteiger partial charge in [-0.2, -0.15) is 0 Å². The Labute approximate surface area is 125 Å². The van der Waals surface area contributed by atoms with Crippen LogP contribution in [-0.2, 0) is 11.3 Å². The lowest BCUT2D eigenvalue weighted by Crippen LogP contribution is -2.26. The Morgan fingerprint density at radius 2 is 1.71 bits per heavy atom. The monoisotopic (exact) mass is 298 g/mol. The van der Waals surface area contributed by atoms with Crippen molar-refractivity contribution in [1.82, 2.24) is 5.32 Å². The third-order valence-corrected chi connectivity index (χ3v) is 3.81. The molecule has 0 unspecified atom stereocenters. The van der Waals surface area contributed by atoms with Crippen LogP contribution in [-0.4, -0.2) is 33.4 Å². The molecule has 21 heavy (non-hydrogen) atoms. The maximum Gasteiger partial charge on any atom is 0.149 e. The van der Waals surface area contributed by atoms with Gasteiger partial charge in [-0.3, -0.25) is 0 Å². The molecule has 1 aromatic carbocycles. The molecule has 0 atom stereocenters. The Hall–Kier alpha value is -1.20. The number of hydrogen-bond acceptors (Lipinski definition) is 3. The standard InChI is InChI=1S/C16H24F2N2O/c1-21-9-6-19-12-13-10-14(17)16(15(18)11-13)20-7-4-2-3-5-8-20/h10-11,19H,2-9,12H2,1H3. The molecule has 1 aliphatic heterocycles. The molecule has 1 fully saturated rings. The Morgan fingerprint density at radius 1 is 1.10 bits per heavy atom. The van der Waals surface area contributed by atoms with E-state index in [0.717, 1.165) is 38.8 Å². The summed E-state index contributed by atoms with van der Waals surface area (Å²) in [4.78, 5) is 1.85. The summed E-state index contributed by atoms with van der Waals surface area (Å²) >= 11 is 0. The molecule has 1 N–H and O–H groups in total. The minimum absolute atomic E-state index is 0.137. The van der Waals surface area contributed by atoms with E-state index in [1.807, 2.05) is 4.90 Å². The van der Waals surface area contributed by atoms with Crippen LogP contribution < -0.4 is 10.2 Å². The third kappa shape index (κ3) is 4.64. The molecular weight excluding hydrogens is 274 g/mol. The maximum absolute atomic E-state index is 14.3. The topological polar surface area (TPSA) is 24.5 Å². The number of halogens is 2. The molecule has 0 radical (unpaired) electrons. The quantitative estimate of drug-likeness (QED) is 0.817. The fraction of sp³-hybridized carbons (Fsp3) is 0.625. The van der Waals surface area contributed by atoms with Crippen LogP contribution in [0.3, 0.4) is 0 Å². The molecule has 1 saturated heterocycles. The molecule has 1 aromatic rings. The van der Waals surface area contributed by atoms with Gasteiger partial charge < -0.3 is 15.0 Å². The van der Waals surface area contributed by atoms with Gasteiger partial charge in [0.1, 0.15) is 17.3 Å². The van der Waals surface area contributed by atoms with E-state index < -0.39 is 11.6 Å². The van der Waals surface area contributed by atoms with Crippen LogP contribution in [0.1, 0.15) is 31.2 Å². The summed E-state index contributed by atoms with van der Waals surface area (Å²) in [7, 11) is 1.62. The van der Waals surface area contributed by atoms with E-state index >= 15 is 0 Å². The zero-order valence-corrected chi connectivity index (χ0v) is 12.6. The summed E-state index contributed by atoms with van der Waals surface area (Å²) in [6.07, 6.45) is 4.28. The van der Waals surface area contributed by atoms with Crippen molar-refractivity contribution in [3.05, 3.63) is 29.3 Å². The van der Waals surface area contributed by atoms with E-state index in [-0.39, 0.29) is 5.69 Å². The smallest absolute Gasteiger partial charge is 0.149 e. The molecule has 0 spiro atoms. The van der Waals surface area contributed by atoms with Crippen molar-refractivity contribution in [1.29, 1.82) is 0 Å². The highest BCUT2D eigenvalue weighted by Crippen LogP contribution is 2.27. The lowest BCUT2D eigenvalue weighted by Gasteiger charge is -2.24. The van der Waals surface area contributed by atoms with E-state index in [9.17, 15) is 8.78 Å². The Bertz CT molecular complexity index is 423. The summed E-state index contributed by atoms with van der Waals surface area (Å²) in [5, 5.41) is 3.09. The fourth-order valence-electron chi connectivity index (χ4n) is 2.72. The Kier molecular flexibility index (Phi) is 6.39. The van der Waals surface area contributed by atoms with Gasteiger partial charge >= 0.3 is 0 Å². The molecule has 0 aliphatic carbocycles. The minimum Gasteiger partial charge on any atom is -0.383 e. The second-order valence-electron chi connectivity index (χ2n) is 5.48. The van der Waals surface area contributed by atoms with Crippen molar-refractivity contribution in [3.8, 4) is 0 Å². The molecule has 0 bridgehead atoms. The maximum atomic E-state index is 14.3. The van der Waals surface area contributed by atoms with Crippen LogP contribution in [0.15, 0.2) is 12.1 Å². The first-order valence-electron chi connectivity index (χ1n) is 7.65. The summed E-state index contributed by atoms with van der Waals surface area (Å²) in [5.41, 5.74) is 0.761. The summed E-state index contributed by atoms with van der Waals surface area (Å²) < 4.78 is 33.5. The molecule has 1 heterocycles. The first-order valence-corrected chi connectivity index (χ1v) is 7.65. The number of nitrogens with one attached hydrogen (secondary N) is 1. The van der Waals surface area contributed by atoms with E-state index in [2.05, 4.69) is 5.32 Å². The highest BCUT2D eigenvalue weighted by Gasteiger charge is 2.19. The number of benzene rings is 1. The minimum atomic E-state index is -0.458. The first-order chi connectivity index (χ1) is 10.2. The number of nitrogens with zero attached hydrogens (tertiary/aromatic N) is 1. The predicted molar refractivity (Wildman–Crippen MR) is 80.6 cm³/mol. The highest BCUT2D eigenvalue weighted by atomic mass is 19.1. The highest BCUT2D eigenvalue weighted by molar-refractivity contribution is 5.50. The average molecular weight is 298 g/mol.